The maximum Gasteiger partial charge on any atom is 0.230 e. The highest BCUT2D eigenvalue weighted by molar-refractivity contribution is 7.99. The maximum atomic E-state index is 12.7. The van der Waals surface area contributed by atoms with Gasteiger partial charge in [0.25, 0.3) is 0 Å². The van der Waals surface area contributed by atoms with Crippen LogP contribution in [0.3, 0.4) is 0 Å². The number of halogens is 1. The van der Waals surface area contributed by atoms with Gasteiger partial charge in [0.05, 0.1) is 5.41 Å². The molecule has 0 unspecified atom stereocenters. The minimum atomic E-state index is -0.504. The summed E-state index contributed by atoms with van der Waals surface area (Å²) in [6.07, 6.45) is 0. The lowest BCUT2D eigenvalue weighted by atomic mass is 9.86. The number of carbonyl (C=O) groups is 1. The number of alkyl halides is 1. The molecule has 2 nitrogen and oxygen atoms in total. The first-order valence-electron chi connectivity index (χ1n) is 7.76. The Bertz CT molecular complexity index is 533. The molecule has 4 heteroatoms. The summed E-state index contributed by atoms with van der Waals surface area (Å²) in [4.78, 5) is 14.7. The van der Waals surface area contributed by atoms with E-state index in [2.05, 4.69) is 45.0 Å². The highest BCUT2D eigenvalue weighted by atomic mass is 35.5. The number of hydrogen-bond donors (Lipinski definition) is 0. The van der Waals surface area contributed by atoms with Gasteiger partial charge >= 0.3 is 0 Å². The third-order valence-corrected chi connectivity index (χ3v) is 6.06. The molecular formula is C18H26ClNOS. The van der Waals surface area contributed by atoms with E-state index < -0.39 is 5.41 Å². The molecule has 0 aliphatic carbocycles. The van der Waals surface area contributed by atoms with Gasteiger partial charge in [0.1, 0.15) is 5.37 Å². The molecule has 1 heterocycles. The smallest absolute Gasteiger partial charge is 0.230 e. The zero-order valence-electron chi connectivity index (χ0n) is 14.1. The standard InChI is InChI=1S/C18H26ClNOS/c1-17(2,3)14-8-6-13(7-9-14)15-20(10-11-22-15)16(21)18(4,5)12-19/h6-9,15H,10-12H2,1-5H3/t15-/m1/s1. The Labute approximate surface area is 143 Å². The molecule has 1 atom stereocenters. The second kappa shape index (κ2) is 6.45. The van der Waals surface area contributed by atoms with Crippen LogP contribution in [-0.2, 0) is 10.2 Å². The fourth-order valence-corrected chi connectivity index (χ4v) is 3.92. The van der Waals surface area contributed by atoms with Crippen LogP contribution in [0.25, 0.3) is 0 Å². The van der Waals surface area contributed by atoms with Crippen molar-refractivity contribution in [1.29, 1.82) is 0 Å². The lowest BCUT2D eigenvalue weighted by molar-refractivity contribution is -0.139. The van der Waals surface area contributed by atoms with Gasteiger partial charge in [-0.2, -0.15) is 0 Å². The van der Waals surface area contributed by atoms with Crippen LogP contribution in [0, 0.1) is 5.41 Å². The number of rotatable bonds is 3. The number of carbonyl (C=O) groups excluding carboxylic acids is 1. The van der Waals surface area contributed by atoms with Crippen LogP contribution in [-0.4, -0.2) is 29.0 Å². The Balaban J connectivity index is 2.22. The predicted molar refractivity (Wildman–Crippen MR) is 96.6 cm³/mol. The molecule has 1 aliphatic heterocycles. The Morgan fingerprint density at radius 3 is 2.32 bits per heavy atom. The molecular weight excluding hydrogens is 314 g/mol. The Morgan fingerprint density at radius 2 is 1.82 bits per heavy atom. The van der Waals surface area contributed by atoms with Gasteiger partial charge in [-0.05, 0) is 30.4 Å². The average molecular weight is 340 g/mol. The molecule has 0 radical (unpaired) electrons. The number of thioether (sulfide) groups is 1. The number of benzene rings is 1. The predicted octanol–water partition coefficient (Wildman–Crippen LogP) is 4.82. The van der Waals surface area contributed by atoms with Crippen LogP contribution in [0.4, 0.5) is 0 Å². The summed E-state index contributed by atoms with van der Waals surface area (Å²) in [5.74, 6) is 1.48. The molecule has 1 aromatic carbocycles. The van der Waals surface area contributed by atoms with E-state index in [9.17, 15) is 4.79 Å². The SMILES string of the molecule is CC(C)(CCl)C(=O)N1CCS[C@@H]1c1ccc(C(C)(C)C)cc1. The Morgan fingerprint density at radius 1 is 1.23 bits per heavy atom. The largest absolute Gasteiger partial charge is 0.325 e. The quantitative estimate of drug-likeness (QED) is 0.735. The minimum Gasteiger partial charge on any atom is -0.325 e. The highest BCUT2D eigenvalue weighted by Gasteiger charge is 2.38. The molecule has 0 N–H and O–H groups in total. The van der Waals surface area contributed by atoms with Gasteiger partial charge in [-0.1, -0.05) is 45.0 Å². The first kappa shape index (κ1) is 17.7. The van der Waals surface area contributed by atoms with Crippen molar-refractivity contribution in [3.8, 4) is 0 Å². The van der Waals surface area contributed by atoms with Gasteiger partial charge in [0.2, 0.25) is 5.91 Å². The van der Waals surface area contributed by atoms with Crippen molar-refractivity contribution < 1.29 is 4.79 Å². The van der Waals surface area contributed by atoms with E-state index >= 15 is 0 Å². The molecule has 1 aromatic rings. The summed E-state index contributed by atoms with van der Waals surface area (Å²) in [5, 5.41) is 0.115. The summed E-state index contributed by atoms with van der Waals surface area (Å²) in [6.45, 7) is 11.3. The normalized spacial score (nSPS) is 19.5. The van der Waals surface area contributed by atoms with Crippen LogP contribution >= 0.6 is 23.4 Å². The van der Waals surface area contributed by atoms with Crippen molar-refractivity contribution in [2.45, 2.75) is 45.4 Å². The van der Waals surface area contributed by atoms with Crippen LogP contribution in [0.15, 0.2) is 24.3 Å². The average Bonchev–Trinajstić information content (AvgIpc) is 2.94. The first-order chi connectivity index (χ1) is 10.2. The minimum absolute atomic E-state index is 0.115. The Hall–Kier alpha value is -0.670. The molecule has 1 fully saturated rings. The molecule has 0 saturated carbocycles. The fourth-order valence-electron chi connectivity index (χ4n) is 2.55. The number of nitrogens with zero attached hydrogens (tertiary/aromatic N) is 1. The summed E-state index contributed by atoms with van der Waals surface area (Å²) in [5.41, 5.74) is 2.17. The van der Waals surface area contributed by atoms with Crippen LogP contribution in [0.5, 0.6) is 0 Å². The third kappa shape index (κ3) is 3.62. The maximum absolute atomic E-state index is 12.7. The molecule has 0 spiro atoms. The van der Waals surface area contributed by atoms with Crippen molar-refractivity contribution in [1.82, 2.24) is 4.90 Å². The summed E-state index contributed by atoms with van der Waals surface area (Å²) >= 11 is 7.81. The van der Waals surface area contributed by atoms with Crippen molar-refractivity contribution in [2.24, 2.45) is 5.41 Å². The zero-order chi connectivity index (χ0) is 16.5. The van der Waals surface area contributed by atoms with Crippen LogP contribution < -0.4 is 0 Å². The molecule has 1 aliphatic rings. The van der Waals surface area contributed by atoms with Gasteiger partial charge in [-0.25, -0.2) is 0 Å². The van der Waals surface area contributed by atoms with Gasteiger partial charge in [-0.15, -0.1) is 23.4 Å². The van der Waals surface area contributed by atoms with Crippen molar-refractivity contribution in [3.05, 3.63) is 35.4 Å². The second-order valence-electron chi connectivity index (χ2n) is 7.61. The summed E-state index contributed by atoms with van der Waals surface area (Å²) in [7, 11) is 0. The van der Waals surface area contributed by atoms with Crippen molar-refractivity contribution in [2.75, 3.05) is 18.2 Å². The molecule has 2 rings (SSSR count). The van der Waals surface area contributed by atoms with Gasteiger partial charge in [0, 0.05) is 18.2 Å². The molecule has 1 amide bonds. The van der Waals surface area contributed by atoms with Crippen molar-refractivity contribution in [3.63, 3.8) is 0 Å². The Kier molecular flexibility index (Phi) is 5.18. The summed E-state index contributed by atoms with van der Waals surface area (Å²) in [6, 6.07) is 8.70. The fraction of sp³-hybridized carbons (Fsp3) is 0.611. The number of hydrogen-bond acceptors (Lipinski definition) is 2. The van der Waals surface area contributed by atoms with Crippen molar-refractivity contribution >= 4 is 29.3 Å². The first-order valence-corrected chi connectivity index (χ1v) is 9.34. The van der Waals surface area contributed by atoms with E-state index in [4.69, 9.17) is 11.6 Å². The number of amides is 1. The van der Waals surface area contributed by atoms with E-state index in [1.807, 2.05) is 30.5 Å². The molecule has 1 saturated heterocycles. The second-order valence-corrected chi connectivity index (χ2v) is 9.07. The monoisotopic (exact) mass is 339 g/mol. The van der Waals surface area contributed by atoms with Gasteiger partial charge in [0.15, 0.2) is 0 Å². The lowest BCUT2D eigenvalue weighted by Crippen LogP contribution is -2.41. The molecule has 0 aromatic heterocycles. The topological polar surface area (TPSA) is 20.3 Å². The van der Waals surface area contributed by atoms with E-state index in [1.165, 1.54) is 11.1 Å². The van der Waals surface area contributed by atoms with E-state index in [0.717, 1.165) is 12.3 Å². The third-order valence-electron chi connectivity index (χ3n) is 4.13. The molecule has 122 valence electrons. The highest BCUT2D eigenvalue weighted by Crippen LogP contribution is 2.40. The van der Waals surface area contributed by atoms with E-state index in [0.29, 0.717) is 5.88 Å². The summed E-state index contributed by atoms with van der Waals surface area (Å²) < 4.78 is 0. The van der Waals surface area contributed by atoms with E-state index in [-0.39, 0.29) is 16.7 Å². The van der Waals surface area contributed by atoms with Gasteiger partial charge in [-0.3, -0.25) is 4.79 Å². The van der Waals surface area contributed by atoms with E-state index in [1.54, 1.807) is 0 Å². The zero-order valence-corrected chi connectivity index (χ0v) is 15.7. The van der Waals surface area contributed by atoms with Crippen LogP contribution in [0.1, 0.15) is 51.1 Å². The van der Waals surface area contributed by atoms with Crippen LogP contribution in [0.2, 0.25) is 0 Å². The van der Waals surface area contributed by atoms with Gasteiger partial charge < -0.3 is 4.90 Å². The lowest BCUT2D eigenvalue weighted by Gasteiger charge is -2.31. The molecule has 0 bridgehead atoms. The molecule has 22 heavy (non-hydrogen) atoms.